The van der Waals surface area contributed by atoms with Gasteiger partial charge in [0.15, 0.2) is 0 Å². The van der Waals surface area contributed by atoms with Gasteiger partial charge in [0, 0.05) is 25.8 Å². The third-order valence-electron chi connectivity index (χ3n) is 4.55. The molecule has 2 N–H and O–H groups in total. The molecule has 2 aliphatic heterocycles. The van der Waals surface area contributed by atoms with E-state index in [2.05, 4.69) is 4.98 Å². The summed E-state index contributed by atoms with van der Waals surface area (Å²) in [6, 6.07) is 2.88. The minimum absolute atomic E-state index is 0.206. The quantitative estimate of drug-likeness (QED) is 0.872. The zero-order valence-electron chi connectivity index (χ0n) is 13.0. The van der Waals surface area contributed by atoms with E-state index >= 15 is 0 Å². The molecule has 23 heavy (non-hydrogen) atoms. The molecule has 1 aromatic heterocycles. The van der Waals surface area contributed by atoms with Gasteiger partial charge in [-0.05, 0) is 37.8 Å². The van der Waals surface area contributed by atoms with Crippen molar-refractivity contribution in [3.63, 3.8) is 0 Å². The third kappa shape index (κ3) is 3.18. The zero-order chi connectivity index (χ0) is 16.4. The Labute approximate surface area is 136 Å². The molecule has 2 saturated heterocycles. The molecule has 0 spiro atoms. The molecular formula is C15H22N4O3S. The normalized spacial score (nSPS) is 23.1. The van der Waals surface area contributed by atoms with Gasteiger partial charge in [0.05, 0.1) is 0 Å². The maximum absolute atomic E-state index is 12.6. The largest absolute Gasteiger partial charge is 0.368 e. The molecule has 0 bridgehead atoms. The molecule has 8 heteroatoms. The van der Waals surface area contributed by atoms with Crippen LogP contribution in [-0.4, -0.2) is 49.3 Å². The summed E-state index contributed by atoms with van der Waals surface area (Å²) in [5, 5.41) is 0. The first-order valence-electron chi connectivity index (χ1n) is 8.02. The van der Waals surface area contributed by atoms with E-state index in [0.29, 0.717) is 31.9 Å². The van der Waals surface area contributed by atoms with Crippen LogP contribution in [0.2, 0.25) is 0 Å². The highest BCUT2D eigenvalue weighted by molar-refractivity contribution is 7.89. The molecule has 0 unspecified atom stereocenters. The Morgan fingerprint density at radius 3 is 2.48 bits per heavy atom. The lowest BCUT2D eigenvalue weighted by molar-refractivity contribution is -0.119. The predicted octanol–water partition coefficient (Wildman–Crippen LogP) is 0.710. The number of carbonyl (C=O) groups is 1. The Hall–Kier alpha value is -1.67. The lowest BCUT2D eigenvalue weighted by atomic mass is 10.2. The molecule has 3 rings (SSSR count). The van der Waals surface area contributed by atoms with Crippen LogP contribution in [0.15, 0.2) is 23.2 Å². The van der Waals surface area contributed by atoms with E-state index in [9.17, 15) is 13.2 Å². The van der Waals surface area contributed by atoms with Gasteiger partial charge < -0.3 is 10.6 Å². The molecule has 1 atom stereocenters. The van der Waals surface area contributed by atoms with E-state index in [1.54, 1.807) is 12.1 Å². The summed E-state index contributed by atoms with van der Waals surface area (Å²) in [6.07, 6.45) is 5.86. The number of amides is 1. The van der Waals surface area contributed by atoms with Gasteiger partial charge in [0.1, 0.15) is 16.8 Å². The number of piperidine rings is 1. The van der Waals surface area contributed by atoms with Gasteiger partial charge in [-0.15, -0.1) is 0 Å². The van der Waals surface area contributed by atoms with Crippen LogP contribution in [-0.2, 0) is 14.8 Å². The van der Waals surface area contributed by atoms with Crippen molar-refractivity contribution in [2.75, 3.05) is 24.5 Å². The summed E-state index contributed by atoms with van der Waals surface area (Å²) < 4.78 is 26.7. The van der Waals surface area contributed by atoms with Gasteiger partial charge in [-0.2, -0.15) is 4.31 Å². The van der Waals surface area contributed by atoms with E-state index in [4.69, 9.17) is 5.73 Å². The summed E-state index contributed by atoms with van der Waals surface area (Å²) in [5.74, 6) is 0.234. The zero-order valence-corrected chi connectivity index (χ0v) is 13.8. The van der Waals surface area contributed by atoms with Crippen LogP contribution in [0.5, 0.6) is 0 Å². The SMILES string of the molecule is NC(=O)[C@H]1CCCN1c1ccc(S(=O)(=O)N2CCCCC2)cn1. The van der Waals surface area contributed by atoms with Gasteiger partial charge in [-0.25, -0.2) is 13.4 Å². The van der Waals surface area contributed by atoms with Crippen LogP contribution >= 0.6 is 0 Å². The van der Waals surface area contributed by atoms with Gasteiger partial charge in [0.2, 0.25) is 15.9 Å². The molecule has 1 aromatic rings. The van der Waals surface area contributed by atoms with E-state index in [0.717, 1.165) is 25.7 Å². The molecule has 0 saturated carbocycles. The van der Waals surface area contributed by atoms with Crippen LogP contribution in [0.25, 0.3) is 0 Å². The van der Waals surface area contributed by atoms with Crippen LogP contribution in [0.1, 0.15) is 32.1 Å². The summed E-state index contributed by atoms with van der Waals surface area (Å²) >= 11 is 0. The molecule has 3 heterocycles. The molecule has 2 fully saturated rings. The first-order valence-corrected chi connectivity index (χ1v) is 9.46. The number of sulfonamides is 1. The Kier molecular flexibility index (Phi) is 4.54. The number of hydrogen-bond acceptors (Lipinski definition) is 5. The van der Waals surface area contributed by atoms with Gasteiger partial charge >= 0.3 is 0 Å². The average Bonchev–Trinajstić information content (AvgIpc) is 3.06. The number of rotatable bonds is 4. The number of pyridine rings is 1. The minimum Gasteiger partial charge on any atom is -0.368 e. The Morgan fingerprint density at radius 1 is 1.13 bits per heavy atom. The average molecular weight is 338 g/mol. The highest BCUT2D eigenvalue weighted by atomic mass is 32.2. The maximum Gasteiger partial charge on any atom is 0.244 e. The number of anilines is 1. The highest BCUT2D eigenvalue weighted by Gasteiger charge is 2.31. The second-order valence-corrected chi connectivity index (χ2v) is 8.01. The van der Waals surface area contributed by atoms with Crippen LogP contribution in [0.4, 0.5) is 5.82 Å². The fraction of sp³-hybridized carbons (Fsp3) is 0.600. The molecular weight excluding hydrogens is 316 g/mol. The molecule has 126 valence electrons. The topological polar surface area (TPSA) is 96.6 Å². The van der Waals surface area contributed by atoms with Crippen molar-refractivity contribution < 1.29 is 13.2 Å². The molecule has 2 aliphatic rings. The monoisotopic (exact) mass is 338 g/mol. The summed E-state index contributed by atoms with van der Waals surface area (Å²) in [6.45, 7) is 1.85. The molecule has 1 amide bonds. The van der Waals surface area contributed by atoms with E-state index in [-0.39, 0.29) is 16.8 Å². The van der Waals surface area contributed by atoms with Crippen LogP contribution in [0, 0.1) is 0 Å². The third-order valence-corrected chi connectivity index (χ3v) is 6.43. The van der Waals surface area contributed by atoms with E-state index < -0.39 is 10.0 Å². The first kappa shape index (κ1) is 16.2. The fourth-order valence-electron chi connectivity index (χ4n) is 3.29. The van der Waals surface area contributed by atoms with Crippen molar-refractivity contribution in [3.05, 3.63) is 18.3 Å². The summed E-state index contributed by atoms with van der Waals surface area (Å²) in [4.78, 5) is 17.8. The van der Waals surface area contributed by atoms with Crippen LogP contribution < -0.4 is 10.6 Å². The Morgan fingerprint density at radius 2 is 1.87 bits per heavy atom. The molecule has 0 aliphatic carbocycles. The first-order chi connectivity index (χ1) is 11.0. The number of nitrogens with two attached hydrogens (primary N) is 1. The Balaban J connectivity index is 1.80. The second kappa shape index (κ2) is 6.45. The predicted molar refractivity (Wildman–Crippen MR) is 86.4 cm³/mol. The highest BCUT2D eigenvalue weighted by Crippen LogP contribution is 2.26. The fourth-order valence-corrected chi connectivity index (χ4v) is 4.75. The van der Waals surface area contributed by atoms with Crippen molar-refractivity contribution in [1.29, 1.82) is 0 Å². The van der Waals surface area contributed by atoms with Crippen molar-refractivity contribution in [1.82, 2.24) is 9.29 Å². The van der Waals surface area contributed by atoms with Gasteiger partial charge in [-0.3, -0.25) is 4.79 Å². The lowest BCUT2D eigenvalue weighted by Crippen LogP contribution is -2.40. The van der Waals surface area contributed by atoms with Gasteiger partial charge in [-0.1, -0.05) is 6.42 Å². The molecule has 0 aromatic carbocycles. The lowest BCUT2D eigenvalue weighted by Gasteiger charge is -2.26. The van der Waals surface area contributed by atoms with Crippen LogP contribution in [0.3, 0.4) is 0 Å². The number of carbonyl (C=O) groups excluding carboxylic acids is 1. The van der Waals surface area contributed by atoms with E-state index in [1.807, 2.05) is 4.90 Å². The summed E-state index contributed by atoms with van der Waals surface area (Å²) in [7, 11) is -3.47. The smallest absolute Gasteiger partial charge is 0.244 e. The van der Waals surface area contributed by atoms with Crippen molar-refractivity contribution in [2.24, 2.45) is 5.73 Å². The Bertz CT molecular complexity index is 668. The number of hydrogen-bond donors (Lipinski definition) is 1. The maximum atomic E-state index is 12.6. The van der Waals surface area contributed by atoms with Gasteiger partial charge in [0.25, 0.3) is 0 Å². The molecule has 7 nitrogen and oxygen atoms in total. The van der Waals surface area contributed by atoms with E-state index in [1.165, 1.54) is 10.5 Å². The standard InChI is InChI=1S/C15H22N4O3S/c16-15(20)13-5-4-10-19(13)14-7-6-12(11-17-14)23(21,22)18-8-2-1-3-9-18/h6-7,11,13H,1-5,8-10H2,(H2,16,20)/t13-/m1/s1. The van der Waals surface area contributed by atoms with Crippen molar-refractivity contribution in [2.45, 2.75) is 43.0 Å². The second-order valence-electron chi connectivity index (χ2n) is 6.07. The number of nitrogens with zero attached hydrogens (tertiary/aromatic N) is 3. The molecule has 0 radical (unpaired) electrons. The number of aromatic nitrogens is 1. The van der Waals surface area contributed by atoms with Crippen molar-refractivity contribution in [3.8, 4) is 0 Å². The minimum atomic E-state index is -3.47. The summed E-state index contributed by atoms with van der Waals surface area (Å²) in [5.41, 5.74) is 5.41. The van der Waals surface area contributed by atoms with Crippen molar-refractivity contribution >= 4 is 21.7 Å². The number of primary amides is 1.